The number of hydrogen-bond donors (Lipinski definition) is 3. The quantitative estimate of drug-likeness (QED) is 0.481. The highest BCUT2D eigenvalue weighted by Crippen LogP contribution is 2.25. The predicted molar refractivity (Wildman–Crippen MR) is 45.3 cm³/mol. The standard InChI is InChI=1S/C8H18N2O/c9-2-1-3-10-6-7-4-8(11)5-7/h7-8,10-11H,1-6,9H2. The van der Waals surface area contributed by atoms with Crippen LogP contribution in [-0.4, -0.2) is 30.8 Å². The molecule has 0 aromatic heterocycles. The summed E-state index contributed by atoms with van der Waals surface area (Å²) in [7, 11) is 0. The van der Waals surface area contributed by atoms with Crippen molar-refractivity contribution in [1.29, 1.82) is 0 Å². The second-order valence-corrected chi connectivity index (χ2v) is 3.34. The van der Waals surface area contributed by atoms with Crippen LogP contribution < -0.4 is 11.1 Å². The Balaban J connectivity index is 1.81. The summed E-state index contributed by atoms with van der Waals surface area (Å²) in [5, 5.41) is 12.3. The van der Waals surface area contributed by atoms with E-state index in [9.17, 15) is 0 Å². The van der Waals surface area contributed by atoms with E-state index in [0.717, 1.165) is 38.9 Å². The molecular weight excluding hydrogens is 140 g/mol. The second-order valence-electron chi connectivity index (χ2n) is 3.34. The van der Waals surface area contributed by atoms with Gasteiger partial charge in [0.25, 0.3) is 0 Å². The average molecular weight is 158 g/mol. The molecule has 66 valence electrons. The fourth-order valence-corrected chi connectivity index (χ4v) is 1.40. The van der Waals surface area contributed by atoms with Crippen LogP contribution >= 0.6 is 0 Å². The molecule has 0 unspecified atom stereocenters. The van der Waals surface area contributed by atoms with Crippen LogP contribution in [0.4, 0.5) is 0 Å². The van der Waals surface area contributed by atoms with Gasteiger partial charge in [-0.2, -0.15) is 0 Å². The lowest BCUT2D eigenvalue weighted by atomic mass is 9.82. The zero-order chi connectivity index (χ0) is 8.10. The first-order valence-corrected chi connectivity index (χ1v) is 4.41. The molecule has 4 N–H and O–H groups in total. The lowest BCUT2D eigenvalue weighted by Crippen LogP contribution is -2.36. The SMILES string of the molecule is NCCCNCC1CC(O)C1. The maximum Gasteiger partial charge on any atom is 0.0546 e. The summed E-state index contributed by atoms with van der Waals surface area (Å²) >= 11 is 0. The molecule has 1 rings (SSSR count). The van der Waals surface area contributed by atoms with Gasteiger partial charge >= 0.3 is 0 Å². The molecule has 0 saturated heterocycles. The van der Waals surface area contributed by atoms with Gasteiger partial charge in [-0.3, -0.25) is 0 Å². The maximum atomic E-state index is 8.97. The largest absolute Gasteiger partial charge is 0.393 e. The Labute approximate surface area is 68.0 Å². The zero-order valence-electron chi connectivity index (χ0n) is 6.92. The molecule has 1 aliphatic rings. The van der Waals surface area contributed by atoms with Crippen LogP contribution in [0.3, 0.4) is 0 Å². The van der Waals surface area contributed by atoms with Gasteiger partial charge < -0.3 is 16.2 Å². The molecule has 0 aliphatic heterocycles. The summed E-state index contributed by atoms with van der Waals surface area (Å²) in [6.45, 7) is 2.83. The molecule has 0 atom stereocenters. The van der Waals surface area contributed by atoms with E-state index in [0.29, 0.717) is 5.92 Å². The fraction of sp³-hybridized carbons (Fsp3) is 1.00. The van der Waals surface area contributed by atoms with Crippen LogP contribution in [0.15, 0.2) is 0 Å². The molecule has 0 spiro atoms. The summed E-state index contributed by atoms with van der Waals surface area (Å²) in [4.78, 5) is 0. The van der Waals surface area contributed by atoms with E-state index < -0.39 is 0 Å². The first-order chi connectivity index (χ1) is 5.33. The molecule has 0 bridgehead atoms. The van der Waals surface area contributed by atoms with Crippen LogP contribution in [0.2, 0.25) is 0 Å². The van der Waals surface area contributed by atoms with E-state index in [1.807, 2.05) is 0 Å². The van der Waals surface area contributed by atoms with Gasteiger partial charge in [-0.15, -0.1) is 0 Å². The first-order valence-electron chi connectivity index (χ1n) is 4.41. The molecule has 0 aromatic carbocycles. The van der Waals surface area contributed by atoms with Crippen LogP contribution in [0.1, 0.15) is 19.3 Å². The van der Waals surface area contributed by atoms with Crippen LogP contribution in [-0.2, 0) is 0 Å². The average Bonchev–Trinajstić information content (AvgIpc) is 1.94. The summed E-state index contributed by atoms with van der Waals surface area (Å²) in [5.74, 6) is 0.711. The third-order valence-corrected chi connectivity index (χ3v) is 2.20. The highest BCUT2D eigenvalue weighted by Gasteiger charge is 2.26. The zero-order valence-corrected chi connectivity index (χ0v) is 6.92. The monoisotopic (exact) mass is 158 g/mol. The van der Waals surface area contributed by atoms with E-state index in [1.165, 1.54) is 0 Å². The molecule has 0 amide bonds. The van der Waals surface area contributed by atoms with Gasteiger partial charge in [0.05, 0.1) is 6.10 Å². The molecule has 0 radical (unpaired) electrons. The van der Waals surface area contributed by atoms with Crippen LogP contribution in [0.25, 0.3) is 0 Å². The minimum Gasteiger partial charge on any atom is -0.393 e. The predicted octanol–water partition coefficient (Wildman–Crippen LogP) is -0.304. The van der Waals surface area contributed by atoms with Crippen molar-refractivity contribution >= 4 is 0 Å². The number of aliphatic hydroxyl groups excluding tert-OH is 1. The molecule has 0 heterocycles. The minimum atomic E-state index is -0.0173. The van der Waals surface area contributed by atoms with Crippen LogP contribution in [0.5, 0.6) is 0 Å². The third kappa shape index (κ3) is 3.18. The number of nitrogens with two attached hydrogens (primary N) is 1. The van der Waals surface area contributed by atoms with Gasteiger partial charge in [0.1, 0.15) is 0 Å². The lowest BCUT2D eigenvalue weighted by molar-refractivity contribution is 0.0432. The Morgan fingerprint density at radius 2 is 2.18 bits per heavy atom. The fourth-order valence-electron chi connectivity index (χ4n) is 1.40. The van der Waals surface area contributed by atoms with Crippen molar-refractivity contribution in [3.05, 3.63) is 0 Å². The molecule has 11 heavy (non-hydrogen) atoms. The van der Waals surface area contributed by atoms with Gasteiger partial charge in [0, 0.05) is 0 Å². The maximum absolute atomic E-state index is 8.97. The van der Waals surface area contributed by atoms with Gasteiger partial charge in [-0.05, 0) is 44.8 Å². The van der Waals surface area contributed by atoms with Gasteiger partial charge in [-0.25, -0.2) is 0 Å². The molecular formula is C8H18N2O. The Morgan fingerprint density at radius 1 is 1.45 bits per heavy atom. The highest BCUT2D eigenvalue weighted by atomic mass is 16.3. The number of rotatable bonds is 5. The van der Waals surface area contributed by atoms with E-state index >= 15 is 0 Å². The van der Waals surface area contributed by atoms with Crippen molar-refractivity contribution < 1.29 is 5.11 Å². The Morgan fingerprint density at radius 3 is 2.73 bits per heavy atom. The molecule has 1 saturated carbocycles. The minimum absolute atomic E-state index is 0.0173. The van der Waals surface area contributed by atoms with E-state index in [4.69, 9.17) is 10.8 Å². The normalized spacial score (nSPS) is 30.0. The smallest absolute Gasteiger partial charge is 0.0546 e. The summed E-state index contributed by atoms with van der Waals surface area (Å²) in [5.41, 5.74) is 5.33. The van der Waals surface area contributed by atoms with Crippen LogP contribution in [0, 0.1) is 5.92 Å². The second kappa shape index (κ2) is 4.70. The number of aliphatic hydroxyl groups is 1. The van der Waals surface area contributed by atoms with Crippen molar-refractivity contribution in [1.82, 2.24) is 5.32 Å². The Kier molecular flexibility index (Phi) is 3.83. The Bertz CT molecular complexity index is 102. The molecule has 3 nitrogen and oxygen atoms in total. The summed E-state index contributed by atoms with van der Waals surface area (Å²) in [6.07, 6.45) is 3.00. The van der Waals surface area contributed by atoms with E-state index in [1.54, 1.807) is 0 Å². The van der Waals surface area contributed by atoms with Crippen molar-refractivity contribution in [2.45, 2.75) is 25.4 Å². The molecule has 3 heteroatoms. The molecule has 0 aromatic rings. The number of nitrogens with one attached hydrogen (secondary N) is 1. The third-order valence-electron chi connectivity index (χ3n) is 2.20. The van der Waals surface area contributed by atoms with Gasteiger partial charge in [0.15, 0.2) is 0 Å². The Hall–Kier alpha value is -0.120. The summed E-state index contributed by atoms with van der Waals surface area (Å²) < 4.78 is 0. The number of hydrogen-bond acceptors (Lipinski definition) is 3. The topological polar surface area (TPSA) is 58.3 Å². The lowest BCUT2D eigenvalue weighted by Gasteiger charge is -2.31. The summed E-state index contributed by atoms with van der Waals surface area (Å²) in [6, 6.07) is 0. The highest BCUT2D eigenvalue weighted by molar-refractivity contribution is 4.79. The van der Waals surface area contributed by atoms with E-state index in [2.05, 4.69) is 5.32 Å². The first kappa shape index (κ1) is 8.97. The molecule has 1 aliphatic carbocycles. The van der Waals surface area contributed by atoms with Gasteiger partial charge in [0.2, 0.25) is 0 Å². The van der Waals surface area contributed by atoms with E-state index in [-0.39, 0.29) is 6.10 Å². The van der Waals surface area contributed by atoms with Crippen molar-refractivity contribution in [3.63, 3.8) is 0 Å². The van der Waals surface area contributed by atoms with Gasteiger partial charge in [-0.1, -0.05) is 0 Å². The van der Waals surface area contributed by atoms with Crippen molar-refractivity contribution in [3.8, 4) is 0 Å². The van der Waals surface area contributed by atoms with Crippen molar-refractivity contribution in [2.24, 2.45) is 11.7 Å². The van der Waals surface area contributed by atoms with Crippen molar-refractivity contribution in [2.75, 3.05) is 19.6 Å². The molecule has 1 fully saturated rings.